The predicted molar refractivity (Wildman–Crippen MR) is 85.5 cm³/mol. The molecule has 1 aliphatic heterocycles. The van der Waals surface area contributed by atoms with Gasteiger partial charge in [-0.15, -0.1) is 0 Å². The molecule has 1 heterocycles. The van der Waals surface area contributed by atoms with Gasteiger partial charge < -0.3 is 10.2 Å². The summed E-state index contributed by atoms with van der Waals surface area (Å²) in [6.45, 7) is 2.29. The minimum absolute atomic E-state index is 0.176. The van der Waals surface area contributed by atoms with Crippen molar-refractivity contribution in [3.05, 3.63) is 34.9 Å². The smallest absolute Gasteiger partial charge is 0.220 e. The van der Waals surface area contributed by atoms with Crippen molar-refractivity contribution >= 4 is 17.5 Å². The first-order valence-electron chi connectivity index (χ1n) is 7.98. The van der Waals surface area contributed by atoms with E-state index in [0.717, 1.165) is 49.0 Å². The van der Waals surface area contributed by atoms with E-state index >= 15 is 0 Å². The van der Waals surface area contributed by atoms with E-state index in [9.17, 15) is 4.79 Å². The molecule has 2 fully saturated rings. The number of hydrogen-bond donors (Lipinski definition) is 1. The summed E-state index contributed by atoms with van der Waals surface area (Å²) in [6.07, 6.45) is 6.29. The van der Waals surface area contributed by atoms with Gasteiger partial charge in [-0.05, 0) is 49.8 Å². The van der Waals surface area contributed by atoms with Gasteiger partial charge in [-0.1, -0.05) is 23.7 Å². The first kappa shape index (κ1) is 14.9. The van der Waals surface area contributed by atoms with Crippen molar-refractivity contribution in [2.45, 2.75) is 50.6 Å². The summed E-state index contributed by atoms with van der Waals surface area (Å²) in [6, 6.07) is 8.96. The van der Waals surface area contributed by atoms with Crippen molar-refractivity contribution in [3.8, 4) is 0 Å². The third-order valence-electron chi connectivity index (χ3n) is 4.51. The molecule has 3 nitrogen and oxygen atoms in total. The van der Waals surface area contributed by atoms with Crippen LogP contribution < -0.4 is 5.32 Å². The number of benzene rings is 1. The topological polar surface area (TPSA) is 32.3 Å². The summed E-state index contributed by atoms with van der Waals surface area (Å²) in [4.78, 5) is 14.6. The molecule has 1 aromatic rings. The highest BCUT2D eigenvalue weighted by Crippen LogP contribution is 2.29. The fraction of sp³-hybridized carbons (Fsp3) is 0.588. The summed E-state index contributed by atoms with van der Waals surface area (Å²) < 4.78 is 0. The zero-order valence-corrected chi connectivity index (χ0v) is 13.1. The van der Waals surface area contributed by atoms with Crippen molar-refractivity contribution in [2.75, 3.05) is 13.1 Å². The molecular formula is C17H23ClN2O. The molecule has 4 heteroatoms. The van der Waals surface area contributed by atoms with Crippen LogP contribution in [0.25, 0.3) is 0 Å². The molecule has 1 N–H and O–H groups in total. The van der Waals surface area contributed by atoms with Gasteiger partial charge in [0.05, 0.1) is 0 Å². The van der Waals surface area contributed by atoms with Crippen LogP contribution in [0.15, 0.2) is 24.3 Å². The molecule has 0 aromatic heterocycles. The van der Waals surface area contributed by atoms with Crippen LogP contribution in [0.5, 0.6) is 0 Å². The van der Waals surface area contributed by atoms with Crippen molar-refractivity contribution in [3.63, 3.8) is 0 Å². The van der Waals surface area contributed by atoms with Gasteiger partial charge in [-0.25, -0.2) is 0 Å². The third kappa shape index (κ3) is 4.45. The van der Waals surface area contributed by atoms with Gasteiger partial charge in [0.15, 0.2) is 0 Å². The second-order valence-electron chi connectivity index (χ2n) is 6.24. The molecule has 114 valence electrons. The molecule has 1 saturated carbocycles. The van der Waals surface area contributed by atoms with Crippen LogP contribution >= 0.6 is 11.6 Å². The van der Waals surface area contributed by atoms with Crippen molar-refractivity contribution < 1.29 is 4.79 Å². The molecule has 1 aliphatic carbocycles. The Morgan fingerprint density at radius 1 is 1.14 bits per heavy atom. The van der Waals surface area contributed by atoms with E-state index in [2.05, 4.69) is 10.2 Å². The van der Waals surface area contributed by atoms with E-state index in [1.54, 1.807) is 0 Å². The van der Waals surface area contributed by atoms with Crippen LogP contribution in [0.1, 0.15) is 37.7 Å². The van der Waals surface area contributed by atoms with E-state index in [1.807, 2.05) is 24.3 Å². The highest BCUT2D eigenvalue weighted by molar-refractivity contribution is 6.30. The number of nitrogens with one attached hydrogen (secondary N) is 1. The standard InChI is InChI=1S/C17H23ClN2O/c18-14-4-1-13(2-5-14)3-8-17(21)19-15-9-11-20(12-10-15)16-6-7-16/h1-2,4-5,15-16H,3,6-12H2,(H,19,21). The maximum absolute atomic E-state index is 12.0. The normalized spacial score (nSPS) is 20.4. The largest absolute Gasteiger partial charge is 0.353 e. The lowest BCUT2D eigenvalue weighted by atomic mass is 10.0. The first-order chi connectivity index (χ1) is 10.2. The Morgan fingerprint density at radius 2 is 1.81 bits per heavy atom. The van der Waals surface area contributed by atoms with Gasteiger partial charge >= 0.3 is 0 Å². The van der Waals surface area contributed by atoms with E-state index in [1.165, 1.54) is 12.8 Å². The Kier molecular flexibility index (Phi) is 4.81. The highest BCUT2D eigenvalue weighted by Gasteiger charge is 2.31. The summed E-state index contributed by atoms with van der Waals surface area (Å²) in [5.41, 5.74) is 1.16. The summed E-state index contributed by atoms with van der Waals surface area (Å²) in [5, 5.41) is 3.93. The molecule has 1 saturated heterocycles. The summed E-state index contributed by atoms with van der Waals surface area (Å²) >= 11 is 5.86. The number of piperidine rings is 1. The number of carbonyl (C=O) groups excluding carboxylic acids is 1. The fourth-order valence-corrected chi connectivity index (χ4v) is 3.18. The quantitative estimate of drug-likeness (QED) is 0.907. The van der Waals surface area contributed by atoms with Gasteiger partial charge in [-0.3, -0.25) is 4.79 Å². The number of nitrogens with zero attached hydrogens (tertiary/aromatic N) is 1. The van der Waals surface area contributed by atoms with Gasteiger partial charge in [0.2, 0.25) is 5.91 Å². The molecule has 0 atom stereocenters. The monoisotopic (exact) mass is 306 g/mol. The molecule has 3 rings (SSSR count). The van der Waals surface area contributed by atoms with E-state index in [4.69, 9.17) is 11.6 Å². The Bertz CT molecular complexity index is 476. The lowest BCUT2D eigenvalue weighted by Gasteiger charge is -2.32. The zero-order chi connectivity index (χ0) is 14.7. The Labute approximate surface area is 131 Å². The SMILES string of the molecule is O=C(CCc1ccc(Cl)cc1)NC1CCN(C2CC2)CC1. The number of halogens is 1. The number of hydrogen-bond acceptors (Lipinski definition) is 2. The first-order valence-corrected chi connectivity index (χ1v) is 8.36. The maximum atomic E-state index is 12.0. The van der Waals surface area contributed by atoms with E-state index in [-0.39, 0.29) is 5.91 Å². The van der Waals surface area contributed by atoms with Crippen LogP contribution in [0.3, 0.4) is 0 Å². The Balaban J connectivity index is 1.37. The molecule has 0 radical (unpaired) electrons. The van der Waals surface area contributed by atoms with Gasteiger partial charge in [0, 0.05) is 36.6 Å². The lowest BCUT2D eigenvalue weighted by molar-refractivity contribution is -0.122. The maximum Gasteiger partial charge on any atom is 0.220 e. The van der Waals surface area contributed by atoms with Crippen LogP contribution in [0.4, 0.5) is 0 Å². The molecule has 2 aliphatic rings. The predicted octanol–water partition coefficient (Wildman–Crippen LogP) is 3.02. The summed E-state index contributed by atoms with van der Waals surface area (Å²) in [7, 11) is 0. The number of aryl methyl sites for hydroxylation is 1. The van der Waals surface area contributed by atoms with Crippen LogP contribution in [0.2, 0.25) is 5.02 Å². The summed E-state index contributed by atoms with van der Waals surface area (Å²) in [5.74, 6) is 0.176. The molecule has 0 spiro atoms. The molecule has 1 amide bonds. The van der Waals surface area contributed by atoms with Crippen LogP contribution in [-0.2, 0) is 11.2 Å². The van der Waals surface area contributed by atoms with E-state index in [0.29, 0.717) is 12.5 Å². The lowest BCUT2D eigenvalue weighted by Crippen LogP contribution is -2.45. The fourth-order valence-electron chi connectivity index (χ4n) is 3.06. The third-order valence-corrected chi connectivity index (χ3v) is 4.76. The number of likely N-dealkylation sites (tertiary alicyclic amines) is 1. The average molecular weight is 307 g/mol. The van der Waals surface area contributed by atoms with Gasteiger partial charge in [0.25, 0.3) is 0 Å². The molecular weight excluding hydrogens is 284 g/mol. The van der Waals surface area contributed by atoms with Crippen LogP contribution in [0, 0.1) is 0 Å². The van der Waals surface area contributed by atoms with Gasteiger partial charge in [0.1, 0.15) is 0 Å². The van der Waals surface area contributed by atoms with E-state index < -0.39 is 0 Å². The second kappa shape index (κ2) is 6.80. The molecule has 0 unspecified atom stereocenters. The zero-order valence-electron chi connectivity index (χ0n) is 12.4. The highest BCUT2D eigenvalue weighted by atomic mass is 35.5. The number of amides is 1. The molecule has 1 aromatic carbocycles. The second-order valence-corrected chi connectivity index (χ2v) is 6.67. The van der Waals surface area contributed by atoms with Crippen molar-refractivity contribution in [2.24, 2.45) is 0 Å². The van der Waals surface area contributed by atoms with Gasteiger partial charge in [-0.2, -0.15) is 0 Å². The van der Waals surface area contributed by atoms with Crippen LogP contribution in [-0.4, -0.2) is 36.0 Å². The Hall–Kier alpha value is -1.06. The van der Waals surface area contributed by atoms with Crippen molar-refractivity contribution in [1.29, 1.82) is 0 Å². The number of rotatable bonds is 5. The van der Waals surface area contributed by atoms with Crippen molar-refractivity contribution in [1.82, 2.24) is 10.2 Å². The molecule has 21 heavy (non-hydrogen) atoms. The number of carbonyl (C=O) groups is 1. The minimum Gasteiger partial charge on any atom is -0.353 e. The molecule has 0 bridgehead atoms. The Morgan fingerprint density at radius 3 is 2.43 bits per heavy atom. The minimum atomic E-state index is 0.176. The average Bonchev–Trinajstić information content (AvgIpc) is 3.32.